The zero-order valence-corrected chi connectivity index (χ0v) is 22.8. The Bertz CT molecular complexity index is 1470. The Labute approximate surface area is 241 Å². The van der Waals surface area contributed by atoms with Crippen molar-refractivity contribution < 1.29 is 34.2 Å². The van der Waals surface area contributed by atoms with Crippen molar-refractivity contribution in [3.63, 3.8) is 0 Å². The largest absolute Gasteiger partial charge is 0.508 e. The van der Waals surface area contributed by atoms with Crippen molar-refractivity contribution in [3.8, 4) is 5.75 Å². The molecule has 2 heterocycles. The molecule has 1 aliphatic heterocycles. The lowest BCUT2D eigenvalue weighted by Gasteiger charge is -2.28. The number of H-pyrrole nitrogens is 1. The maximum atomic E-state index is 13.6. The molecule has 222 valence electrons. The van der Waals surface area contributed by atoms with E-state index in [9.17, 15) is 34.2 Å². The van der Waals surface area contributed by atoms with Gasteiger partial charge in [0.1, 0.15) is 23.9 Å². The molecule has 1 fully saturated rings. The van der Waals surface area contributed by atoms with Crippen LogP contribution >= 0.6 is 0 Å². The van der Waals surface area contributed by atoms with Gasteiger partial charge in [0.05, 0.1) is 12.5 Å². The topological polar surface area (TPSA) is 221 Å². The van der Waals surface area contributed by atoms with Crippen LogP contribution in [0.25, 0.3) is 10.9 Å². The number of amides is 4. The summed E-state index contributed by atoms with van der Waals surface area (Å²) < 4.78 is 0. The lowest BCUT2D eigenvalue weighted by Crippen LogP contribution is -2.57. The Kier molecular flexibility index (Phi) is 9.42. The Morgan fingerprint density at radius 1 is 1.00 bits per heavy atom. The van der Waals surface area contributed by atoms with E-state index in [0.717, 1.165) is 16.5 Å². The fourth-order valence-corrected chi connectivity index (χ4v) is 5.16. The zero-order valence-electron chi connectivity index (χ0n) is 22.8. The molecule has 42 heavy (non-hydrogen) atoms. The van der Waals surface area contributed by atoms with E-state index in [1.165, 1.54) is 17.0 Å². The van der Waals surface area contributed by atoms with Gasteiger partial charge in [0.15, 0.2) is 0 Å². The molecular weight excluding hydrogens is 544 g/mol. The van der Waals surface area contributed by atoms with Crippen molar-refractivity contribution in [3.05, 3.63) is 65.9 Å². The molecule has 4 atom stereocenters. The number of aromatic amines is 1. The molecule has 2 aromatic carbocycles. The number of aromatic nitrogens is 1. The summed E-state index contributed by atoms with van der Waals surface area (Å²) in [5, 5.41) is 25.5. The van der Waals surface area contributed by atoms with Crippen molar-refractivity contribution in [1.29, 1.82) is 0 Å². The minimum atomic E-state index is -1.32. The van der Waals surface area contributed by atoms with Crippen LogP contribution in [0.4, 0.5) is 0 Å². The number of phenolic OH excluding ortho intramolecular Hbond substituents is 1. The summed E-state index contributed by atoms with van der Waals surface area (Å²) in [6.45, 7) is 0.246. The smallest absolute Gasteiger partial charge is 0.326 e. The molecule has 0 spiro atoms. The molecule has 4 rings (SSSR count). The maximum absolute atomic E-state index is 13.6. The number of phenols is 1. The summed E-state index contributed by atoms with van der Waals surface area (Å²) in [6.07, 6.45) is 2.16. The van der Waals surface area contributed by atoms with Crippen molar-refractivity contribution in [1.82, 2.24) is 20.5 Å². The van der Waals surface area contributed by atoms with Gasteiger partial charge in [-0.15, -0.1) is 0 Å². The molecule has 13 heteroatoms. The Hall–Kier alpha value is -4.91. The second-order valence-electron chi connectivity index (χ2n) is 10.4. The number of para-hydroxylation sites is 1. The van der Waals surface area contributed by atoms with Crippen LogP contribution in [-0.4, -0.2) is 80.4 Å². The molecule has 1 saturated heterocycles. The number of rotatable bonds is 12. The van der Waals surface area contributed by atoms with Gasteiger partial charge in [0.25, 0.3) is 0 Å². The number of fused-ring (bicyclic) bond motifs is 1. The molecular formula is C29H34N6O7. The Morgan fingerprint density at radius 2 is 1.71 bits per heavy atom. The highest BCUT2D eigenvalue weighted by Gasteiger charge is 2.38. The average Bonchev–Trinajstić information content (AvgIpc) is 3.60. The number of carboxylic acids is 1. The second-order valence-corrected chi connectivity index (χ2v) is 10.4. The van der Waals surface area contributed by atoms with E-state index < -0.39 is 53.8 Å². The molecule has 4 unspecified atom stereocenters. The number of hydrogen-bond donors (Lipinski definition) is 7. The first-order chi connectivity index (χ1) is 20.0. The molecule has 3 aromatic rings. The van der Waals surface area contributed by atoms with Crippen LogP contribution in [-0.2, 0) is 36.8 Å². The van der Waals surface area contributed by atoms with Gasteiger partial charge in [0, 0.05) is 36.5 Å². The molecule has 1 aromatic heterocycles. The number of benzene rings is 2. The van der Waals surface area contributed by atoms with E-state index in [1.807, 2.05) is 24.3 Å². The Balaban J connectivity index is 1.55. The predicted molar refractivity (Wildman–Crippen MR) is 152 cm³/mol. The number of primary amides is 1. The first kappa shape index (κ1) is 30.1. The number of nitrogens with zero attached hydrogens (tertiary/aromatic N) is 1. The van der Waals surface area contributed by atoms with Gasteiger partial charge in [-0.2, -0.15) is 0 Å². The van der Waals surface area contributed by atoms with E-state index in [-0.39, 0.29) is 31.6 Å². The minimum absolute atomic E-state index is 0.0196. The molecule has 0 bridgehead atoms. The third-order valence-electron chi connectivity index (χ3n) is 7.30. The van der Waals surface area contributed by atoms with Crippen LogP contribution in [0.3, 0.4) is 0 Å². The molecule has 0 saturated carbocycles. The van der Waals surface area contributed by atoms with Gasteiger partial charge in [-0.25, -0.2) is 4.79 Å². The van der Waals surface area contributed by atoms with Gasteiger partial charge < -0.3 is 42.2 Å². The monoisotopic (exact) mass is 578 g/mol. The number of nitrogens with one attached hydrogen (secondary N) is 3. The summed E-state index contributed by atoms with van der Waals surface area (Å²) in [4.78, 5) is 67.7. The van der Waals surface area contributed by atoms with Gasteiger partial charge in [-0.3, -0.25) is 19.2 Å². The van der Waals surface area contributed by atoms with Crippen molar-refractivity contribution in [2.75, 3.05) is 6.54 Å². The van der Waals surface area contributed by atoms with Crippen molar-refractivity contribution in [2.24, 2.45) is 11.5 Å². The summed E-state index contributed by atoms with van der Waals surface area (Å²) in [6, 6.07) is 8.72. The number of carbonyl (C=O) groups is 5. The van der Waals surface area contributed by atoms with Crippen molar-refractivity contribution >= 4 is 40.5 Å². The number of carbonyl (C=O) groups excluding carboxylic acids is 4. The molecule has 0 aliphatic carbocycles. The number of nitrogens with two attached hydrogens (primary N) is 2. The van der Waals surface area contributed by atoms with E-state index in [0.29, 0.717) is 18.4 Å². The predicted octanol–water partition coefficient (Wildman–Crippen LogP) is -0.0934. The van der Waals surface area contributed by atoms with Gasteiger partial charge in [-0.05, 0) is 42.2 Å². The fourth-order valence-electron chi connectivity index (χ4n) is 5.16. The number of carboxylic acid groups (broad SMARTS) is 1. The first-order valence-electron chi connectivity index (χ1n) is 13.5. The Morgan fingerprint density at radius 3 is 2.40 bits per heavy atom. The van der Waals surface area contributed by atoms with Gasteiger partial charge in [0.2, 0.25) is 23.6 Å². The first-order valence-corrected chi connectivity index (χ1v) is 13.5. The summed E-state index contributed by atoms with van der Waals surface area (Å²) in [7, 11) is 0. The lowest BCUT2D eigenvalue weighted by molar-refractivity contribution is -0.143. The second kappa shape index (κ2) is 13.2. The van der Waals surface area contributed by atoms with Crippen LogP contribution in [0.2, 0.25) is 0 Å². The molecule has 1 aliphatic rings. The highest BCUT2D eigenvalue weighted by atomic mass is 16.4. The van der Waals surface area contributed by atoms with Crippen LogP contribution in [0.15, 0.2) is 54.7 Å². The van der Waals surface area contributed by atoms with E-state index in [1.54, 1.807) is 18.3 Å². The SMILES string of the molecule is NC(=O)CC(N)C(=O)N1CCCC1C(=O)NC(Cc1c[nH]c2ccccc12)C(=O)NC(Cc1ccc(O)cc1)C(=O)O. The van der Waals surface area contributed by atoms with Crippen molar-refractivity contribution in [2.45, 2.75) is 56.3 Å². The van der Waals surface area contributed by atoms with Gasteiger partial charge >= 0.3 is 5.97 Å². The maximum Gasteiger partial charge on any atom is 0.326 e. The number of hydrogen-bond acceptors (Lipinski definition) is 7. The van der Waals surface area contributed by atoms with Crippen LogP contribution in [0.5, 0.6) is 5.75 Å². The van der Waals surface area contributed by atoms with Crippen LogP contribution in [0.1, 0.15) is 30.4 Å². The minimum Gasteiger partial charge on any atom is -0.508 e. The highest BCUT2D eigenvalue weighted by molar-refractivity contribution is 5.96. The molecule has 9 N–H and O–H groups in total. The van der Waals surface area contributed by atoms with Crippen LogP contribution in [0, 0.1) is 0 Å². The number of aliphatic carboxylic acids is 1. The van der Waals surface area contributed by atoms with E-state index in [2.05, 4.69) is 15.6 Å². The summed E-state index contributed by atoms with van der Waals surface area (Å²) >= 11 is 0. The highest BCUT2D eigenvalue weighted by Crippen LogP contribution is 2.22. The zero-order chi connectivity index (χ0) is 30.4. The quantitative estimate of drug-likeness (QED) is 0.153. The lowest BCUT2D eigenvalue weighted by atomic mass is 10.0. The normalized spacial score (nSPS) is 16.9. The average molecular weight is 579 g/mol. The summed E-state index contributed by atoms with van der Waals surface area (Å²) in [5.41, 5.74) is 13.1. The standard InChI is InChI=1S/C29H34N6O7/c30-20(14-25(31)37)28(40)35-11-3-6-24(35)27(39)33-22(13-17-15-32-21-5-2-1-4-19(17)21)26(38)34-23(29(41)42)12-16-7-9-18(36)10-8-16/h1-2,4-5,7-10,15,20,22-24,32,36H,3,6,11-14,30H2,(H2,31,37)(H,33,39)(H,34,38)(H,41,42). The van der Waals surface area contributed by atoms with Gasteiger partial charge in [-0.1, -0.05) is 30.3 Å². The number of aromatic hydroxyl groups is 1. The van der Waals surface area contributed by atoms with E-state index in [4.69, 9.17) is 11.5 Å². The molecule has 4 amide bonds. The third-order valence-corrected chi connectivity index (χ3v) is 7.30. The number of likely N-dealkylation sites (tertiary alicyclic amines) is 1. The summed E-state index contributed by atoms with van der Waals surface area (Å²) in [5.74, 6) is -3.91. The van der Waals surface area contributed by atoms with E-state index >= 15 is 0 Å². The molecule has 13 nitrogen and oxygen atoms in total. The molecule has 0 radical (unpaired) electrons. The van der Waals surface area contributed by atoms with Crippen LogP contribution < -0.4 is 22.1 Å². The third kappa shape index (κ3) is 7.23. The fraction of sp³-hybridized carbons (Fsp3) is 0.345.